The summed E-state index contributed by atoms with van der Waals surface area (Å²) < 4.78 is 0. The van der Waals surface area contributed by atoms with E-state index in [1.54, 1.807) is 25.1 Å². The third kappa shape index (κ3) is 2.33. The summed E-state index contributed by atoms with van der Waals surface area (Å²) in [5.41, 5.74) is 3.41. The third-order valence-electron chi connectivity index (χ3n) is 3.52. The van der Waals surface area contributed by atoms with Crippen LogP contribution in [0.25, 0.3) is 0 Å². The van der Waals surface area contributed by atoms with Crippen LogP contribution in [0.3, 0.4) is 0 Å². The number of carbonyl (C=O) groups is 2. The topological polar surface area (TPSA) is 69.6 Å². The smallest absolute Gasteiger partial charge is 0.335 e. The first-order valence-corrected chi connectivity index (χ1v) is 6.56. The molecule has 5 nitrogen and oxygen atoms in total. The molecule has 0 atom stereocenters. The molecule has 0 fully saturated rings. The summed E-state index contributed by atoms with van der Waals surface area (Å²) in [4.78, 5) is 24.8. The first-order chi connectivity index (χ1) is 10.1. The van der Waals surface area contributed by atoms with Crippen molar-refractivity contribution in [3.63, 3.8) is 0 Å². The lowest BCUT2D eigenvalue weighted by Crippen LogP contribution is -2.35. The van der Waals surface area contributed by atoms with Crippen LogP contribution in [-0.2, 0) is 4.79 Å². The molecule has 1 aliphatic heterocycles. The number of nitrogens with zero attached hydrogens (tertiary/aromatic N) is 1. The van der Waals surface area contributed by atoms with Crippen molar-refractivity contribution in [1.82, 2.24) is 0 Å². The predicted molar refractivity (Wildman–Crippen MR) is 80.2 cm³/mol. The van der Waals surface area contributed by atoms with Crippen LogP contribution in [-0.4, -0.2) is 23.5 Å². The number of amides is 1. The van der Waals surface area contributed by atoms with Crippen LogP contribution >= 0.6 is 0 Å². The van der Waals surface area contributed by atoms with Gasteiger partial charge in [-0.05, 0) is 42.8 Å². The van der Waals surface area contributed by atoms with E-state index in [9.17, 15) is 9.59 Å². The summed E-state index contributed by atoms with van der Waals surface area (Å²) >= 11 is 0. The minimum atomic E-state index is -0.948. The quantitative estimate of drug-likeness (QED) is 0.888. The van der Waals surface area contributed by atoms with Crippen LogP contribution < -0.4 is 10.2 Å². The molecule has 1 aliphatic rings. The van der Waals surface area contributed by atoms with E-state index in [2.05, 4.69) is 5.32 Å². The van der Waals surface area contributed by atoms with Gasteiger partial charge in [0.2, 0.25) is 5.91 Å². The summed E-state index contributed by atoms with van der Waals surface area (Å²) in [6, 6.07) is 12.6. The van der Waals surface area contributed by atoms with E-state index < -0.39 is 5.97 Å². The summed E-state index contributed by atoms with van der Waals surface area (Å²) in [7, 11) is 0. The average molecular weight is 282 g/mol. The van der Waals surface area contributed by atoms with Gasteiger partial charge in [0.1, 0.15) is 6.54 Å². The van der Waals surface area contributed by atoms with Gasteiger partial charge in [-0.25, -0.2) is 4.79 Å². The fraction of sp³-hybridized carbons (Fsp3) is 0.125. The molecule has 3 rings (SSSR count). The molecule has 0 unspecified atom stereocenters. The van der Waals surface area contributed by atoms with E-state index in [0.29, 0.717) is 5.56 Å². The van der Waals surface area contributed by atoms with Gasteiger partial charge in [-0.3, -0.25) is 4.79 Å². The number of fused-ring (bicyclic) bond motifs is 1. The molecule has 0 saturated carbocycles. The summed E-state index contributed by atoms with van der Waals surface area (Å²) in [6.45, 7) is 1.96. The van der Waals surface area contributed by atoms with Crippen molar-refractivity contribution in [2.24, 2.45) is 0 Å². The molecule has 1 heterocycles. The van der Waals surface area contributed by atoms with Gasteiger partial charge < -0.3 is 15.3 Å². The van der Waals surface area contributed by atoms with Crippen LogP contribution in [0, 0.1) is 6.92 Å². The Hall–Kier alpha value is -2.82. The minimum Gasteiger partial charge on any atom is -0.478 e. The average Bonchev–Trinajstić information content (AvgIpc) is 2.45. The largest absolute Gasteiger partial charge is 0.478 e. The van der Waals surface area contributed by atoms with Crippen molar-refractivity contribution in [2.45, 2.75) is 6.92 Å². The van der Waals surface area contributed by atoms with E-state index >= 15 is 0 Å². The molecule has 2 aromatic rings. The van der Waals surface area contributed by atoms with E-state index in [1.165, 1.54) is 0 Å². The Kier molecular flexibility index (Phi) is 3.10. The lowest BCUT2D eigenvalue weighted by atomic mass is 10.1. The van der Waals surface area contributed by atoms with Gasteiger partial charge >= 0.3 is 5.97 Å². The molecule has 0 bridgehead atoms. The summed E-state index contributed by atoms with van der Waals surface area (Å²) in [5.74, 6) is -1.04. The Morgan fingerprint density at radius 1 is 1.24 bits per heavy atom. The highest BCUT2D eigenvalue weighted by Crippen LogP contribution is 2.35. The minimum absolute atomic E-state index is 0.0892. The standard InChI is InChI=1S/C16H14N2O3/c1-10-8-11(6-7-12(10)16(20)21)18-9-15(19)17-13-4-2-3-5-14(13)18/h2-8H,9H2,1H3,(H,17,19)(H,20,21). The Balaban J connectivity index is 2.07. The zero-order valence-electron chi connectivity index (χ0n) is 11.5. The van der Waals surface area contributed by atoms with Crippen molar-refractivity contribution in [3.8, 4) is 0 Å². The number of rotatable bonds is 2. The molecule has 0 spiro atoms. The zero-order chi connectivity index (χ0) is 15.0. The predicted octanol–water partition coefficient (Wildman–Crippen LogP) is 2.78. The van der Waals surface area contributed by atoms with Crippen molar-refractivity contribution < 1.29 is 14.7 Å². The Bertz CT molecular complexity index is 740. The highest BCUT2D eigenvalue weighted by molar-refractivity contribution is 6.03. The van der Waals surface area contributed by atoms with E-state index in [1.807, 2.05) is 29.2 Å². The van der Waals surface area contributed by atoms with Crippen LogP contribution in [0.1, 0.15) is 15.9 Å². The molecule has 0 aliphatic carbocycles. The molecule has 106 valence electrons. The summed E-state index contributed by atoms with van der Waals surface area (Å²) in [5, 5.41) is 11.9. The maximum atomic E-state index is 11.8. The molecule has 21 heavy (non-hydrogen) atoms. The van der Waals surface area contributed by atoms with E-state index in [4.69, 9.17) is 5.11 Å². The van der Waals surface area contributed by atoms with Crippen LogP contribution in [0.4, 0.5) is 17.1 Å². The van der Waals surface area contributed by atoms with Crippen LogP contribution in [0.2, 0.25) is 0 Å². The molecule has 2 aromatic carbocycles. The number of anilines is 3. The number of para-hydroxylation sites is 2. The van der Waals surface area contributed by atoms with Crippen molar-refractivity contribution in [3.05, 3.63) is 53.6 Å². The molecular weight excluding hydrogens is 268 g/mol. The number of aromatic carboxylic acids is 1. The fourth-order valence-electron chi connectivity index (χ4n) is 2.52. The van der Waals surface area contributed by atoms with Gasteiger partial charge in [0.25, 0.3) is 0 Å². The third-order valence-corrected chi connectivity index (χ3v) is 3.52. The Morgan fingerprint density at radius 3 is 2.71 bits per heavy atom. The highest BCUT2D eigenvalue weighted by atomic mass is 16.4. The number of aryl methyl sites for hydroxylation is 1. The SMILES string of the molecule is Cc1cc(N2CC(=O)Nc3ccccc32)ccc1C(=O)O. The van der Waals surface area contributed by atoms with Crippen LogP contribution in [0.15, 0.2) is 42.5 Å². The maximum absolute atomic E-state index is 11.8. The second-order valence-corrected chi connectivity index (χ2v) is 4.96. The maximum Gasteiger partial charge on any atom is 0.335 e. The number of hydrogen-bond donors (Lipinski definition) is 2. The number of carboxylic acid groups (broad SMARTS) is 1. The van der Waals surface area contributed by atoms with E-state index in [0.717, 1.165) is 17.1 Å². The number of nitrogens with one attached hydrogen (secondary N) is 1. The number of hydrogen-bond acceptors (Lipinski definition) is 3. The second kappa shape index (κ2) is 4.94. The van der Waals surface area contributed by atoms with Gasteiger partial charge in [0.05, 0.1) is 16.9 Å². The molecule has 2 N–H and O–H groups in total. The zero-order valence-corrected chi connectivity index (χ0v) is 11.5. The molecule has 0 saturated heterocycles. The number of carbonyl (C=O) groups excluding carboxylic acids is 1. The molecule has 5 heteroatoms. The van der Waals surface area contributed by atoms with Crippen LogP contribution in [0.5, 0.6) is 0 Å². The van der Waals surface area contributed by atoms with Crippen molar-refractivity contribution >= 4 is 28.9 Å². The fourth-order valence-corrected chi connectivity index (χ4v) is 2.52. The molecule has 1 amide bonds. The first-order valence-electron chi connectivity index (χ1n) is 6.56. The molecular formula is C16H14N2O3. The van der Waals surface area contributed by atoms with Gasteiger partial charge in [-0.2, -0.15) is 0 Å². The monoisotopic (exact) mass is 282 g/mol. The van der Waals surface area contributed by atoms with E-state index in [-0.39, 0.29) is 18.0 Å². The van der Waals surface area contributed by atoms with Gasteiger partial charge in [0.15, 0.2) is 0 Å². The lowest BCUT2D eigenvalue weighted by molar-refractivity contribution is -0.115. The van der Waals surface area contributed by atoms with Crippen molar-refractivity contribution in [2.75, 3.05) is 16.8 Å². The Morgan fingerprint density at radius 2 is 2.00 bits per heavy atom. The lowest BCUT2D eigenvalue weighted by Gasteiger charge is -2.31. The molecule has 0 aromatic heterocycles. The van der Waals surface area contributed by atoms with Crippen molar-refractivity contribution in [1.29, 1.82) is 0 Å². The highest BCUT2D eigenvalue weighted by Gasteiger charge is 2.23. The first kappa shape index (κ1) is 13.2. The van der Waals surface area contributed by atoms with Gasteiger partial charge in [-0.1, -0.05) is 12.1 Å². The number of benzene rings is 2. The molecule has 0 radical (unpaired) electrons. The second-order valence-electron chi connectivity index (χ2n) is 4.96. The normalized spacial score (nSPS) is 13.6. The van der Waals surface area contributed by atoms with Gasteiger partial charge in [0, 0.05) is 5.69 Å². The van der Waals surface area contributed by atoms with Gasteiger partial charge in [-0.15, -0.1) is 0 Å². The Labute approximate surface area is 121 Å². The summed E-state index contributed by atoms with van der Waals surface area (Å²) in [6.07, 6.45) is 0. The number of carboxylic acids is 1.